The van der Waals surface area contributed by atoms with Crippen molar-refractivity contribution in [3.8, 4) is 5.75 Å². The SMILES string of the molecule is O=C(Nc1nc2cc(OCC(F)(F)F)ccn2n1)c1cccc(F)c1. The molecule has 0 aliphatic rings. The first kappa shape index (κ1) is 16.7. The summed E-state index contributed by atoms with van der Waals surface area (Å²) in [6.07, 6.45) is -3.12. The summed E-state index contributed by atoms with van der Waals surface area (Å²) in [4.78, 5) is 16.0. The van der Waals surface area contributed by atoms with Crippen LogP contribution in [0.5, 0.6) is 5.75 Å². The summed E-state index contributed by atoms with van der Waals surface area (Å²) in [6, 6.07) is 7.57. The summed E-state index contributed by atoms with van der Waals surface area (Å²) in [5.74, 6) is -1.31. The van der Waals surface area contributed by atoms with E-state index in [1.165, 1.54) is 41.0 Å². The first-order valence-corrected chi connectivity index (χ1v) is 6.93. The van der Waals surface area contributed by atoms with E-state index in [1.54, 1.807) is 0 Å². The van der Waals surface area contributed by atoms with Crippen molar-refractivity contribution in [2.75, 3.05) is 11.9 Å². The van der Waals surface area contributed by atoms with Crippen LogP contribution in [0, 0.1) is 5.82 Å². The maximum absolute atomic E-state index is 13.1. The predicted octanol–water partition coefficient (Wildman–Crippen LogP) is 3.06. The van der Waals surface area contributed by atoms with Crippen LogP contribution in [-0.2, 0) is 0 Å². The van der Waals surface area contributed by atoms with E-state index in [9.17, 15) is 22.4 Å². The zero-order valence-electron chi connectivity index (χ0n) is 12.4. The standard InChI is InChI=1S/C15H10F4N4O2/c16-10-3-1-2-9(6-10)13(24)21-14-20-12-7-11(4-5-23(12)22-14)25-8-15(17,18)19/h1-7H,8H2,(H,21,22,24). The quantitative estimate of drug-likeness (QED) is 0.731. The van der Waals surface area contributed by atoms with Crippen LogP contribution in [0.2, 0.25) is 0 Å². The van der Waals surface area contributed by atoms with Gasteiger partial charge in [-0.1, -0.05) is 6.07 Å². The third-order valence-corrected chi connectivity index (χ3v) is 3.02. The number of hydrogen-bond donors (Lipinski definition) is 1. The number of benzene rings is 1. The van der Waals surface area contributed by atoms with E-state index in [0.29, 0.717) is 0 Å². The molecule has 10 heteroatoms. The van der Waals surface area contributed by atoms with E-state index in [-0.39, 0.29) is 22.9 Å². The van der Waals surface area contributed by atoms with Crippen LogP contribution in [0.25, 0.3) is 5.65 Å². The number of anilines is 1. The fraction of sp³-hybridized carbons (Fsp3) is 0.133. The van der Waals surface area contributed by atoms with E-state index < -0.39 is 24.5 Å². The van der Waals surface area contributed by atoms with Gasteiger partial charge in [0.15, 0.2) is 12.3 Å². The molecule has 0 saturated carbocycles. The van der Waals surface area contributed by atoms with E-state index in [4.69, 9.17) is 0 Å². The van der Waals surface area contributed by atoms with Crippen molar-refractivity contribution in [1.29, 1.82) is 0 Å². The molecule has 0 radical (unpaired) electrons. The van der Waals surface area contributed by atoms with Gasteiger partial charge in [0, 0.05) is 17.8 Å². The number of rotatable bonds is 4. The van der Waals surface area contributed by atoms with Crippen LogP contribution in [0.4, 0.5) is 23.5 Å². The maximum Gasteiger partial charge on any atom is 0.422 e. The molecule has 25 heavy (non-hydrogen) atoms. The van der Waals surface area contributed by atoms with Crippen molar-refractivity contribution in [2.24, 2.45) is 0 Å². The molecule has 0 aliphatic heterocycles. The highest BCUT2D eigenvalue weighted by Gasteiger charge is 2.28. The summed E-state index contributed by atoms with van der Waals surface area (Å²) >= 11 is 0. The van der Waals surface area contributed by atoms with Crippen molar-refractivity contribution < 1.29 is 27.1 Å². The van der Waals surface area contributed by atoms with Gasteiger partial charge in [-0.05, 0) is 24.3 Å². The summed E-state index contributed by atoms with van der Waals surface area (Å²) in [5, 5.41) is 6.33. The van der Waals surface area contributed by atoms with Crippen LogP contribution in [0.1, 0.15) is 10.4 Å². The summed E-state index contributed by atoms with van der Waals surface area (Å²) in [5.41, 5.74) is 0.252. The molecule has 0 bridgehead atoms. The number of halogens is 4. The number of alkyl halides is 3. The number of ether oxygens (including phenoxy) is 1. The van der Waals surface area contributed by atoms with Gasteiger partial charge in [0.05, 0.1) is 0 Å². The third-order valence-electron chi connectivity index (χ3n) is 3.02. The molecule has 2 heterocycles. The van der Waals surface area contributed by atoms with Crippen LogP contribution in [0.3, 0.4) is 0 Å². The Morgan fingerprint density at radius 1 is 1.24 bits per heavy atom. The molecule has 0 spiro atoms. The third kappa shape index (κ3) is 4.22. The van der Waals surface area contributed by atoms with E-state index in [0.717, 1.165) is 6.07 Å². The molecule has 3 aromatic rings. The zero-order chi connectivity index (χ0) is 18.0. The molecule has 6 nitrogen and oxygen atoms in total. The number of aromatic nitrogens is 3. The average molecular weight is 354 g/mol. The molecule has 2 aromatic heterocycles. The van der Waals surface area contributed by atoms with Crippen molar-refractivity contribution in [2.45, 2.75) is 6.18 Å². The highest BCUT2D eigenvalue weighted by molar-refractivity contribution is 6.03. The van der Waals surface area contributed by atoms with Gasteiger partial charge in [0.25, 0.3) is 5.91 Å². The highest BCUT2D eigenvalue weighted by Crippen LogP contribution is 2.20. The topological polar surface area (TPSA) is 68.5 Å². The van der Waals surface area contributed by atoms with E-state index in [1.807, 2.05) is 0 Å². The number of fused-ring (bicyclic) bond motifs is 1. The lowest BCUT2D eigenvalue weighted by Gasteiger charge is -2.08. The Balaban J connectivity index is 1.76. The first-order chi connectivity index (χ1) is 11.8. The number of pyridine rings is 1. The fourth-order valence-electron chi connectivity index (χ4n) is 1.97. The van der Waals surface area contributed by atoms with Gasteiger partial charge in [-0.3, -0.25) is 10.1 Å². The van der Waals surface area contributed by atoms with Crippen molar-refractivity contribution in [1.82, 2.24) is 14.6 Å². The summed E-state index contributed by atoms with van der Waals surface area (Å²) in [6.45, 7) is -1.43. The summed E-state index contributed by atoms with van der Waals surface area (Å²) < 4.78 is 55.5. The number of amides is 1. The highest BCUT2D eigenvalue weighted by atomic mass is 19.4. The first-order valence-electron chi connectivity index (χ1n) is 6.93. The predicted molar refractivity (Wildman–Crippen MR) is 78.9 cm³/mol. The van der Waals surface area contributed by atoms with Gasteiger partial charge in [-0.15, -0.1) is 5.10 Å². The fourth-order valence-corrected chi connectivity index (χ4v) is 1.97. The minimum atomic E-state index is -4.45. The zero-order valence-corrected chi connectivity index (χ0v) is 12.4. The minimum Gasteiger partial charge on any atom is -0.484 e. The Bertz CT molecular complexity index is 923. The van der Waals surface area contributed by atoms with Crippen LogP contribution in [-0.4, -0.2) is 33.3 Å². The number of nitrogens with zero attached hydrogens (tertiary/aromatic N) is 3. The van der Waals surface area contributed by atoms with Gasteiger partial charge >= 0.3 is 6.18 Å². The van der Waals surface area contributed by atoms with E-state index >= 15 is 0 Å². The van der Waals surface area contributed by atoms with Crippen LogP contribution < -0.4 is 10.1 Å². The Hall–Kier alpha value is -3.17. The van der Waals surface area contributed by atoms with Gasteiger partial charge in [0.1, 0.15) is 11.6 Å². The monoisotopic (exact) mass is 354 g/mol. The lowest BCUT2D eigenvalue weighted by Crippen LogP contribution is -2.19. The molecule has 3 rings (SSSR count). The average Bonchev–Trinajstić information content (AvgIpc) is 2.93. The smallest absolute Gasteiger partial charge is 0.422 e. The van der Waals surface area contributed by atoms with Crippen LogP contribution >= 0.6 is 0 Å². The lowest BCUT2D eigenvalue weighted by molar-refractivity contribution is -0.153. The normalized spacial score (nSPS) is 11.5. The number of carbonyl (C=O) groups is 1. The van der Waals surface area contributed by atoms with Crippen molar-refractivity contribution in [3.05, 3.63) is 54.0 Å². The number of nitrogens with one attached hydrogen (secondary N) is 1. The molecule has 0 atom stereocenters. The molecular weight excluding hydrogens is 344 g/mol. The van der Waals surface area contributed by atoms with Crippen molar-refractivity contribution in [3.63, 3.8) is 0 Å². The molecule has 130 valence electrons. The maximum atomic E-state index is 13.1. The van der Waals surface area contributed by atoms with Gasteiger partial charge in [-0.25, -0.2) is 8.91 Å². The Labute approximate surface area is 138 Å². The summed E-state index contributed by atoms with van der Waals surface area (Å²) in [7, 11) is 0. The van der Waals surface area contributed by atoms with E-state index in [2.05, 4.69) is 20.1 Å². The number of carbonyl (C=O) groups excluding carboxylic acids is 1. The molecule has 0 saturated heterocycles. The molecule has 0 aliphatic carbocycles. The second-order valence-electron chi connectivity index (χ2n) is 4.97. The van der Waals surface area contributed by atoms with Gasteiger partial charge in [-0.2, -0.15) is 18.2 Å². The van der Waals surface area contributed by atoms with Crippen LogP contribution in [0.15, 0.2) is 42.6 Å². The minimum absolute atomic E-state index is 0.0415. The Kier molecular flexibility index (Phi) is 4.26. The number of hydrogen-bond acceptors (Lipinski definition) is 4. The second kappa shape index (κ2) is 6.38. The molecular formula is C15H10F4N4O2. The van der Waals surface area contributed by atoms with Gasteiger partial charge < -0.3 is 4.74 Å². The molecule has 1 amide bonds. The Morgan fingerprint density at radius 3 is 2.76 bits per heavy atom. The second-order valence-corrected chi connectivity index (χ2v) is 4.97. The largest absolute Gasteiger partial charge is 0.484 e. The lowest BCUT2D eigenvalue weighted by atomic mass is 10.2. The molecule has 0 unspecified atom stereocenters. The molecule has 1 N–H and O–H groups in total. The Morgan fingerprint density at radius 2 is 2.04 bits per heavy atom. The van der Waals surface area contributed by atoms with Crippen molar-refractivity contribution >= 4 is 17.5 Å². The molecule has 0 fully saturated rings. The molecule has 1 aromatic carbocycles. The van der Waals surface area contributed by atoms with Gasteiger partial charge in [0.2, 0.25) is 5.95 Å².